The highest BCUT2D eigenvalue weighted by Crippen LogP contribution is 2.32. The van der Waals surface area contributed by atoms with Gasteiger partial charge in [0.15, 0.2) is 0 Å². The number of ether oxygens (including phenoxy) is 1. The van der Waals surface area contributed by atoms with E-state index in [-0.39, 0.29) is 0 Å². The third-order valence-electron chi connectivity index (χ3n) is 3.62. The van der Waals surface area contributed by atoms with Crippen molar-refractivity contribution >= 4 is 11.3 Å². The Morgan fingerprint density at radius 1 is 1.41 bits per heavy atom. The van der Waals surface area contributed by atoms with E-state index in [2.05, 4.69) is 37.5 Å². The topological polar surface area (TPSA) is 36.3 Å². The minimum absolute atomic E-state index is 0.563. The molecule has 22 heavy (non-hydrogen) atoms. The number of anilines is 1. The van der Waals surface area contributed by atoms with Crippen LogP contribution in [0.4, 0.5) is 5.69 Å². The van der Waals surface area contributed by atoms with E-state index in [9.17, 15) is 0 Å². The maximum Gasteiger partial charge on any atom is 0.128 e. The highest BCUT2D eigenvalue weighted by atomic mass is 16.5. The lowest BCUT2D eigenvalue weighted by molar-refractivity contribution is 0.413. The van der Waals surface area contributed by atoms with Gasteiger partial charge in [-0.1, -0.05) is 19.9 Å². The van der Waals surface area contributed by atoms with E-state index in [0.29, 0.717) is 11.5 Å². The van der Waals surface area contributed by atoms with Gasteiger partial charge in [-0.2, -0.15) is 5.26 Å². The maximum atomic E-state index is 9.07. The smallest absolute Gasteiger partial charge is 0.128 e. The van der Waals surface area contributed by atoms with Crippen molar-refractivity contribution in [1.82, 2.24) is 0 Å². The van der Waals surface area contributed by atoms with Gasteiger partial charge >= 0.3 is 0 Å². The predicted molar refractivity (Wildman–Crippen MR) is 94.1 cm³/mol. The second-order valence-corrected chi connectivity index (χ2v) is 5.83. The van der Waals surface area contributed by atoms with Crippen molar-refractivity contribution in [3.8, 4) is 11.8 Å². The van der Waals surface area contributed by atoms with Gasteiger partial charge in [-0.3, -0.25) is 0 Å². The summed E-state index contributed by atoms with van der Waals surface area (Å²) in [5.74, 6) is 1.36. The largest absolute Gasteiger partial charge is 0.496 e. The fourth-order valence-corrected chi connectivity index (χ4v) is 2.35. The van der Waals surface area contributed by atoms with E-state index in [0.717, 1.165) is 35.7 Å². The Balaban J connectivity index is 3.27. The van der Waals surface area contributed by atoms with Crippen LogP contribution in [0.25, 0.3) is 5.57 Å². The van der Waals surface area contributed by atoms with Crippen molar-refractivity contribution in [3.05, 3.63) is 42.0 Å². The van der Waals surface area contributed by atoms with Crippen LogP contribution in [0.5, 0.6) is 5.75 Å². The molecule has 0 saturated heterocycles. The van der Waals surface area contributed by atoms with E-state index in [1.54, 1.807) is 7.11 Å². The van der Waals surface area contributed by atoms with Gasteiger partial charge in [0.05, 0.1) is 13.2 Å². The Labute approximate surface area is 134 Å². The Bertz CT molecular complexity index is 594. The molecule has 0 saturated carbocycles. The van der Waals surface area contributed by atoms with E-state index < -0.39 is 0 Å². The molecule has 1 rings (SSSR count). The summed E-state index contributed by atoms with van der Waals surface area (Å²) in [7, 11) is 1.66. The summed E-state index contributed by atoms with van der Waals surface area (Å²) in [4.78, 5) is 2.28. The van der Waals surface area contributed by atoms with Crippen LogP contribution in [-0.4, -0.2) is 20.2 Å². The molecule has 0 heterocycles. The van der Waals surface area contributed by atoms with Gasteiger partial charge in [0.2, 0.25) is 0 Å². The molecule has 0 fully saturated rings. The van der Waals surface area contributed by atoms with Crippen molar-refractivity contribution in [2.75, 3.05) is 25.1 Å². The molecule has 0 aliphatic carbocycles. The molecule has 0 aliphatic heterocycles. The molecule has 0 atom stereocenters. The van der Waals surface area contributed by atoms with Crippen LogP contribution in [0, 0.1) is 17.2 Å². The van der Waals surface area contributed by atoms with Gasteiger partial charge < -0.3 is 9.64 Å². The Morgan fingerprint density at radius 3 is 2.59 bits per heavy atom. The predicted octanol–water partition coefficient (Wildman–Crippen LogP) is 4.66. The zero-order valence-corrected chi connectivity index (χ0v) is 14.3. The third-order valence-corrected chi connectivity index (χ3v) is 3.62. The van der Waals surface area contributed by atoms with Crippen LogP contribution in [-0.2, 0) is 0 Å². The van der Waals surface area contributed by atoms with Crippen LogP contribution >= 0.6 is 0 Å². The van der Waals surface area contributed by atoms with Gasteiger partial charge in [0, 0.05) is 36.0 Å². The average Bonchev–Trinajstić information content (AvgIpc) is 2.51. The molecular weight excluding hydrogens is 272 g/mol. The normalized spacial score (nSPS) is 11.7. The molecule has 0 aliphatic rings. The first kappa shape index (κ1) is 17.8. The van der Waals surface area contributed by atoms with Crippen LogP contribution < -0.4 is 9.64 Å². The number of nitriles is 1. The van der Waals surface area contributed by atoms with E-state index in [4.69, 9.17) is 10.00 Å². The number of allylic oxidation sites excluding steroid dienone is 2. The molecule has 0 N–H and O–H groups in total. The fraction of sp³-hybridized carbons (Fsp3) is 0.421. The fourth-order valence-electron chi connectivity index (χ4n) is 2.35. The van der Waals surface area contributed by atoms with Crippen LogP contribution in [0.15, 0.2) is 36.4 Å². The zero-order chi connectivity index (χ0) is 16.7. The van der Waals surface area contributed by atoms with Crippen LogP contribution in [0.1, 0.15) is 33.3 Å². The van der Waals surface area contributed by atoms with Crippen molar-refractivity contribution < 1.29 is 4.74 Å². The first-order valence-corrected chi connectivity index (χ1v) is 7.56. The molecule has 118 valence electrons. The average molecular weight is 298 g/mol. The van der Waals surface area contributed by atoms with Gasteiger partial charge in [-0.05, 0) is 37.5 Å². The molecule has 0 bridgehead atoms. The molecule has 0 unspecified atom stereocenters. The number of methoxy groups -OCH3 is 1. The minimum Gasteiger partial charge on any atom is -0.496 e. The summed E-state index contributed by atoms with van der Waals surface area (Å²) in [5.41, 5.74) is 3.73. The highest BCUT2D eigenvalue weighted by Gasteiger charge is 2.13. The molecular formula is C19H26N2O. The van der Waals surface area contributed by atoms with Gasteiger partial charge in [0.1, 0.15) is 5.75 Å². The summed E-state index contributed by atoms with van der Waals surface area (Å²) >= 11 is 0. The van der Waals surface area contributed by atoms with Crippen molar-refractivity contribution in [2.24, 2.45) is 5.92 Å². The van der Waals surface area contributed by atoms with Crippen LogP contribution in [0.2, 0.25) is 0 Å². The van der Waals surface area contributed by atoms with Crippen molar-refractivity contribution in [1.29, 1.82) is 5.26 Å². The second kappa shape index (κ2) is 8.29. The lowest BCUT2D eigenvalue weighted by Gasteiger charge is -2.26. The molecule has 0 aromatic heterocycles. The summed E-state index contributed by atoms with van der Waals surface area (Å²) < 4.78 is 5.54. The summed E-state index contributed by atoms with van der Waals surface area (Å²) in [6.07, 6.45) is 1.91. The molecule has 0 spiro atoms. The number of hydrogen-bond acceptors (Lipinski definition) is 3. The summed E-state index contributed by atoms with van der Waals surface area (Å²) in [6.45, 7) is 13.8. The van der Waals surface area contributed by atoms with E-state index >= 15 is 0 Å². The molecule has 0 amide bonds. The SMILES string of the molecule is C=CCN(CC(C)C)c1ccc(C(C)=C(C)C#N)c(OC)c1. The lowest BCUT2D eigenvalue weighted by Crippen LogP contribution is -2.27. The number of rotatable bonds is 7. The minimum atomic E-state index is 0.563. The second-order valence-electron chi connectivity index (χ2n) is 5.83. The summed E-state index contributed by atoms with van der Waals surface area (Å²) in [6, 6.07) is 8.35. The third kappa shape index (κ3) is 4.39. The van der Waals surface area contributed by atoms with Gasteiger partial charge in [-0.25, -0.2) is 0 Å². The number of benzene rings is 1. The molecule has 3 nitrogen and oxygen atoms in total. The molecule has 0 radical (unpaired) electrons. The van der Waals surface area contributed by atoms with Crippen molar-refractivity contribution in [3.63, 3.8) is 0 Å². The van der Waals surface area contributed by atoms with Gasteiger partial charge in [-0.15, -0.1) is 6.58 Å². The monoisotopic (exact) mass is 298 g/mol. The number of nitrogens with zero attached hydrogens (tertiary/aromatic N) is 2. The first-order valence-electron chi connectivity index (χ1n) is 7.56. The number of hydrogen-bond donors (Lipinski definition) is 0. The molecule has 3 heteroatoms. The Morgan fingerprint density at radius 2 is 2.09 bits per heavy atom. The van der Waals surface area contributed by atoms with Crippen LogP contribution in [0.3, 0.4) is 0 Å². The van der Waals surface area contributed by atoms with E-state index in [1.165, 1.54) is 0 Å². The summed E-state index contributed by atoms with van der Waals surface area (Å²) in [5, 5.41) is 9.07. The van der Waals surface area contributed by atoms with Crippen molar-refractivity contribution in [2.45, 2.75) is 27.7 Å². The quantitative estimate of drug-likeness (QED) is 0.542. The van der Waals surface area contributed by atoms with E-state index in [1.807, 2.05) is 32.1 Å². The van der Waals surface area contributed by atoms with Gasteiger partial charge in [0.25, 0.3) is 0 Å². The zero-order valence-electron chi connectivity index (χ0n) is 14.3. The lowest BCUT2D eigenvalue weighted by atomic mass is 10.0. The Kier molecular flexibility index (Phi) is 6.72. The highest BCUT2D eigenvalue weighted by molar-refractivity contribution is 5.75. The maximum absolute atomic E-state index is 9.07. The Hall–Kier alpha value is -2.21. The first-order chi connectivity index (χ1) is 10.4. The molecule has 1 aromatic carbocycles. The molecule has 1 aromatic rings. The standard InChI is InChI=1S/C19H26N2O/c1-7-10-21(13-14(2)3)17-8-9-18(19(11-17)22-6)16(5)15(4)12-20/h7-9,11,14H,1,10,13H2,2-6H3.